The molecule has 0 aliphatic heterocycles. The fourth-order valence-electron chi connectivity index (χ4n) is 3.29. The molecule has 4 aromatic rings. The van der Waals surface area contributed by atoms with Crippen molar-refractivity contribution in [2.45, 2.75) is 38.5 Å². The lowest BCUT2D eigenvalue weighted by Crippen LogP contribution is -2.15. The Morgan fingerprint density at radius 3 is 2.12 bits per heavy atom. The van der Waals surface area contributed by atoms with Crippen LogP contribution in [0.15, 0.2) is 64.9 Å². The first-order valence-electron chi connectivity index (χ1n) is 10.5. The Labute approximate surface area is 198 Å². The molecule has 0 fully saturated rings. The van der Waals surface area contributed by atoms with Crippen molar-refractivity contribution >= 4 is 38.1 Å². The maximum absolute atomic E-state index is 12.7. The first-order chi connectivity index (χ1) is 15.7. The minimum absolute atomic E-state index is 0.0615. The van der Waals surface area contributed by atoms with Crippen LogP contribution in [0.4, 0.5) is 16.8 Å². The molecule has 2 N–H and O–H groups in total. The van der Waals surface area contributed by atoms with Crippen LogP contribution in [-0.4, -0.2) is 23.4 Å². The molecule has 170 valence electrons. The van der Waals surface area contributed by atoms with E-state index in [1.165, 1.54) is 29.0 Å². The molecule has 0 spiro atoms. The monoisotopic (exact) mass is 479 g/mol. The zero-order valence-electron chi connectivity index (χ0n) is 18.8. The van der Waals surface area contributed by atoms with Crippen LogP contribution < -0.4 is 10.0 Å². The molecule has 0 saturated heterocycles. The van der Waals surface area contributed by atoms with Crippen LogP contribution in [0.3, 0.4) is 0 Å². The van der Waals surface area contributed by atoms with E-state index in [4.69, 9.17) is 0 Å². The fourth-order valence-corrected chi connectivity index (χ4v) is 4.98. The van der Waals surface area contributed by atoms with Crippen LogP contribution in [0.2, 0.25) is 0 Å². The first kappa shape index (κ1) is 22.9. The highest BCUT2D eigenvalue weighted by Crippen LogP contribution is 2.28. The number of anilines is 3. The van der Waals surface area contributed by atoms with Gasteiger partial charge in [-0.05, 0) is 55.7 Å². The lowest BCUT2D eigenvalue weighted by atomic mass is 10.0. The van der Waals surface area contributed by atoms with E-state index < -0.39 is 10.0 Å². The molecule has 0 amide bonds. The summed E-state index contributed by atoms with van der Waals surface area (Å²) >= 11 is 1.49. The largest absolute Gasteiger partial charge is 0.332 e. The van der Waals surface area contributed by atoms with E-state index in [0.717, 1.165) is 22.1 Å². The SMILES string of the molecule is Cc1cc(C)nc(NS(=O)(=O)c2ccc(Nc3nc(-c4ccc(C(C)C)cc4)cs3)cc2)n1. The maximum atomic E-state index is 12.7. The van der Waals surface area contributed by atoms with Gasteiger partial charge in [0.05, 0.1) is 10.6 Å². The average molecular weight is 480 g/mol. The van der Waals surface area contributed by atoms with Crippen LogP contribution in [0.25, 0.3) is 11.3 Å². The van der Waals surface area contributed by atoms with Crippen LogP contribution >= 0.6 is 11.3 Å². The predicted molar refractivity (Wildman–Crippen MR) is 134 cm³/mol. The van der Waals surface area contributed by atoms with E-state index in [1.807, 2.05) is 5.38 Å². The summed E-state index contributed by atoms with van der Waals surface area (Å²) in [6.45, 7) is 7.92. The van der Waals surface area contributed by atoms with Crippen molar-refractivity contribution in [3.63, 3.8) is 0 Å². The zero-order chi connectivity index (χ0) is 23.6. The van der Waals surface area contributed by atoms with E-state index in [0.29, 0.717) is 17.3 Å². The summed E-state index contributed by atoms with van der Waals surface area (Å²) in [6.07, 6.45) is 0. The molecule has 0 saturated carbocycles. The van der Waals surface area contributed by atoms with Gasteiger partial charge in [-0.3, -0.25) is 0 Å². The number of aryl methyl sites for hydroxylation is 2. The molecule has 0 bridgehead atoms. The van der Waals surface area contributed by atoms with Crippen molar-refractivity contribution in [2.75, 3.05) is 10.0 Å². The maximum Gasteiger partial charge on any atom is 0.264 e. The van der Waals surface area contributed by atoms with Crippen molar-refractivity contribution in [1.29, 1.82) is 0 Å². The van der Waals surface area contributed by atoms with Gasteiger partial charge in [-0.15, -0.1) is 11.3 Å². The average Bonchev–Trinajstić information content (AvgIpc) is 3.21. The summed E-state index contributed by atoms with van der Waals surface area (Å²) in [5.41, 5.74) is 5.38. The Bertz CT molecular complexity index is 1340. The minimum atomic E-state index is -3.79. The number of sulfonamides is 1. The minimum Gasteiger partial charge on any atom is -0.332 e. The van der Waals surface area contributed by atoms with Crippen LogP contribution in [0.1, 0.15) is 36.7 Å². The molecule has 0 unspecified atom stereocenters. The lowest BCUT2D eigenvalue weighted by molar-refractivity contribution is 0.601. The second kappa shape index (κ2) is 9.29. The van der Waals surface area contributed by atoms with E-state index in [9.17, 15) is 8.42 Å². The number of hydrogen-bond donors (Lipinski definition) is 2. The van der Waals surface area contributed by atoms with E-state index in [1.54, 1.807) is 32.0 Å². The van der Waals surface area contributed by atoms with Gasteiger partial charge in [0.1, 0.15) is 0 Å². The fraction of sp³-hybridized carbons (Fsp3) is 0.208. The van der Waals surface area contributed by atoms with Crippen molar-refractivity contribution < 1.29 is 8.42 Å². The van der Waals surface area contributed by atoms with Gasteiger partial charge in [0, 0.05) is 28.0 Å². The summed E-state index contributed by atoms with van der Waals surface area (Å²) in [6, 6.07) is 16.7. The summed E-state index contributed by atoms with van der Waals surface area (Å²) in [5, 5.41) is 5.97. The molecule has 33 heavy (non-hydrogen) atoms. The quantitative estimate of drug-likeness (QED) is 0.343. The normalized spacial score (nSPS) is 11.5. The smallest absolute Gasteiger partial charge is 0.264 e. The standard InChI is InChI=1S/C24H25N5O2S2/c1-15(2)18-5-7-19(8-6-18)22-14-32-24(28-22)27-20-9-11-21(12-10-20)33(30,31)29-23-25-16(3)13-17(4)26-23/h5-15H,1-4H3,(H,27,28)(H,25,26,29). The Kier molecular flexibility index (Phi) is 6.44. The van der Waals surface area contributed by atoms with Gasteiger partial charge in [-0.1, -0.05) is 38.1 Å². The molecule has 9 heteroatoms. The highest BCUT2D eigenvalue weighted by atomic mass is 32.2. The van der Waals surface area contributed by atoms with Crippen LogP contribution in [0, 0.1) is 13.8 Å². The zero-order valence-corrected chi connectivity index (χ0v) is 20.5. The lowest BCUT2D eigenvalue weighted by Gasteiger charge is -2.09. The van der Waals surface area contributed by atoms with E-state index in [-0.39, 0.29) is 10.8 Å². The van der Waals surface area contributed by atoms with Gasteiger partial charge in [0.15, 0.2) is 5.13 Å². The van der Waals surface area contributed by atoms with Crippen molar-refractivity contribution in [1.82, 2.24) is 15.0 Å². The second-order valence-corrected chi connectivity index (χ2v) is 10.6. The number of rotatable bonds is 7. The Hall–Kier alpha value is -3.30. The van der Waals surface area contributed by atoms with E-state index in [2.05, 4.69) is 63.1 Å². The number of thiazole rings is 1. The number of benzene rings is 2. The molecule has 7 nitrogen and oxygen atoms in total. The predicted octanol–water partition coefficient (Wildman–Crippen LogP) is 5.88. The third-order valence-electron chi connectivity index (χ3n) is 5.00. The van der Waals surface area contributed by atoms with Crippen molar-refractivity contribution in [3.05, 3.63) is 76.9 Å². The number of nitrogens with one attached hydrogen (secondary N) is 2. The van der Waals surface area contributed by atoms with Gasteiger partial charge in [0.2, 0.25) is 5.95 Å². The molecule has 0 aliphatic rings. The molecule has 2 aromatic carbocycles. The summed E-state index contributed by atoms with van der Waals surface area (Å²) in [5.74, 6) is 0.550. The van der Waals surface area contributed by atoms with Gasteiger partial charge >= 0.3 is 0 Å². The number of nitrogens with zero attached hydrogens (tertiary/aromatic N) is 3. The number of hydrogen-bond acceptors (Lipinski definition) is 7. The Balaban J connectivity index is 1.45. The van der Waals surface area contributed by atoms with Gasteiger partial charge in [-0.25, -0.2) is 28.1 Å². The first-order valence-corrected chi connectivity index (χ1v) is 12.8. The molecular formula is C24H25N5O2S2. The van der Waals surface area contributed by atoms with Gasteiger partial charge in [-0.2, -0.15) is 0 Å². The Morgan fingerprint density at radius 2 is 1.52 bits per heavy atom. The van der Waals surface area contributed by atoms with Crippen molar-refractivity contribution in [3.8, 4) is 11.3 Å². The van der Waals surface area contributed by atoms with Crippen LogP contribution in [-0.2, 0) is 10.0 Å². The molecule has 0 atom stereocenters. The Morgan fingerprint density at radius 1 is 0.879 bits per heavy atom. The molecule has 0 radical (unpaired) electrons. The van der Waals surface area contributed by atoms with Crippen molar-refractivity contribution in [2.24, 2.45) is 0 Å². The molecular weight excluding hydrogens is 454 g/mol. The summed E-state index contributed by atoms with van der Waals surface area (Å²) < 4.78 is 27.8. The number of aromatic nitrogens is 3. The third-order valence-corrected chi connectivity index (χ3v) is 7.10. The third kappa shape index (κ3) is 5.55. The van der Waals surface area contributed by atoms with E-state index >= 15 is 0 Å². The second-order valence-electron chi connectivity index (χ2n) is 8.04. The van der Waals surface area contributed by atoms with Gasteiger partial charge < -0.3 is 5.32 Å². The molecule has 4 rings (SSSR count). The molecule has 2 aromatic heterocycles. The summed E-state index contributed by atoms with van der Waals surface area (Å²) in [7, 11) is -3.79. The highest BCUT2D eigenvalue weighted by Gasteiger charge is 2.16. The molecule has 0 aliphatic carbocycles. The van der Waals surface area contributed by atoms with Crippen LogP contribution in [0.5, 0.6) is 0 Å². The summed E-state index contributed by atoms with van der Waals surface area (Å²) in [4.78, 5) is 13.1. The van der Waals surface area contributed by atoms with Gasteiger partial charge in [0.25, 0.3) is 10.0 Å². The molecule has 2 heterocycles. The topological polar surface area (TPSA) is 96.9 Å². The highest BCUT2D eigenvalue weighted by molar-refractivity contribution is 7.92.